The zero-order chi connectivity index (χ0) is 13.1. The second-order valence-electron chi connectivity index (χ2n) is 4.09. The molecule has 0 bridgehead atoms. The Morgan fingerprint density at radius 3 is 2.78 bits per heavy atom. The van der Waals surface area contributed by atoms with Gasteiger partial charge in [-0.3, -0.25) is 0 Å². The monoisotopic (exact) mass is 267 g/mol. The Balaban J connectivity index is 2.05. The quantitative estimate of drug-likeness (QED) is 0.924. The molecule has 0 aliphatic carbocycles. The summed E-state index contributed by atoms with van der Waals surface area (Å²) in [6.45, 7) is 3.80. The van der Waals surface area contributed by atoms with E-state index in [9.17, 15) is 5.11 Å². The third-order valence-corrected chi connectivity index (χ3v) is 2.78. The lowest BCUT2D eigenvalue weighted by Crippen LogP contribution is -1.96. The molecule has 0 fully saturated rings. The normalized spacial score (nSPS) is 12.4. The van der Waals surface area contributed by atoms with Gasteiger partial charge in [0.1, 0.15) is 12.4 Å². The second-order valence-corrected chi connectivity index (χ2v) is 4.50. The summed E-state index contributed by atoms with van der Waals surface area (Å²) in [6.07, 6.45) is -0.548. The molecule has 0 saturated heterocycles. The van der Waals surface area contributed by atoms with Gasteiger partial charge in [-0.25, -0.2) is 0 Å². The van der Waals surface area contributed by atoms with E-state index in [-0.39, 0.29) is 6.61 Å². The maximum Gasteiger partial charge on any atom is 0.174 e. The van der Waals surface area contributed by atoms with E-state index >= 15 is 0 Å². The smallest absolute Gasteiger partial charge is 0.174 e. The molecular weight excluding hydrogens is 254 g/mol. The highest BCUT2D eigenvalue weighted by atomic mass is 35.5. The Kier molecular flexibility index (Phi) is 3.89. The topological polar surface area (TPSA) is 55.5 Å². The van der Waals surface area contributed by atoms with Gasteiger partial charge in [-0.05, 0) is 31.5 Å². The number of aryl methyl sites for hydroxylation is 1. The molecule has 96 valence electrons. The summed E-state index contributed by atoms with van der Waals surface area (Å²) < 4.78 is 10.6. The largest absolute Gasteiger partial charge is 0.484 e. The number of aliphatic hydroxyl groups excluding tert-OH is 1. The van der Waals surface area contributed by atoms with Crippen molar-refractivity contribution in [3.63, 3.8) is 0 Å². The third-order valence-electron chi connectivity index (χ3n) is 2.49. The van der Waals surface area contributed by atoms with E-state index < -0.39 is 6.10 Å². The molecule has 2 aromatic rings. The van der Waals surface area contributed by atoms with E-state index in [4.69, 9.17) is 20.9 Å². The number of aliphatic hydroxyl groups is 1. The summed E-state index contributed by atoms with van der Waals surface area (Å²) in [4.78, 5) is 0. The molecule has 1 unspecified atom stereocenters. The Morgan fingerprint density at radius 2 is 2.22 bits per heavy atom. The summed E-state index contributed by atoms with van der Waals surface area (Å²) in [5, 5.41) is 13.7. The third kappa shape index (κ3) is 3.03. The standard InChI is InChI=1S/C13H14ClNO3/c1-8-5-11(18-15-8)7-17-13-4-3-10(9(2)16)6-12(13)14/h3-6,9,16H,7H2,1-2H3. The Bertz CT molecular complexity index is 537. The summed E-state index contributed by atoms with van der Waals surface area (Å²) in [6, 6.07) is 7.00. The zero-order valence-electron chi connectivity index (χ0n) is 10.2. The van der Waals surface area contributed by atoms with Crippen molar-refractivity contribution in [2.24, 2.45) is 0 Å². The first kappa shape index (κ1) is 12.9. The van der Waals surface area contributed by atoms with Gasteiger partial charge in [0.2, 0.25) is 0 Å². The first-order chi connectivity index (χ1) is 8.56. The van der Waals surface area contributed by atoms with Crippen LogP contribution in [0.15, 0.2) is 28.8 Å². The number of rotatable bonds is 4. The maximum atomic E-state index is 9.43. The lowest BCUT2D eigenvalue weighted by molar-refractivity contribution is 0.199. The number of nitrogens with zero attached hydrogens (tertiary/aromatic N) is 1. The molecule has 1 N–H and O–H groups in total. The van der Waals surface area contributed by atoms with Crippen molar-refractivity contribution < 1.29 is 14.4 Å². The van der Waals surface area contributed by atoms with Gasteiger partial charge in [0.15, 0.2) is 5.76 Å². The highest BCUT2D eigenvalue weighted by Gasteiger charge is 2.08. The summed E-state index contributed by atoms with van der Waals surface area (Å²) in [5.41, 5.74) is 1.56. The van der Waals surface area contributed by atoms with Gasteiger partial charge in [0, 0.05) is 6.07 Å². The number of hydrogen-bond acceptors (Lipinski definition) is 4. The van der Waals surface area contributed by atoms with Crippen LogP contribution in [-0.4, -0.2) is 10.3 Å². The minimum Gasteiger partial charge on any atom is -0.484 e. The highest BCUT2D eigenvalue weighted by molar-refractivity contribution is 6.32. The van der Waals surface area contributed by atoms with E-state index in [0.29, 0.717) is 16.5 Å². The van der Waals surface area contributed by atoms with Crippen LogP contribution in [0.5, 0.6) is 5.75 Å². The van der Waals surface area contributed by atoms with E-state index in [2.05, 4.69) is 5.16 Å². The maximum absolute atomic E-state index is 9.43. The van der Waals surface area contributed by atoms with Gasteiger partial charge in [-0.15, -0.1) is 0 Å². The molecule has 0 amide bonds. The van der Waals surface area contributed by atoms with Gasteiger partial charge in [0.25, 0.3) is 0 Å². The molecule has 0 radical (unpaired) electrons. The van der Waals surface area contributed by atoms with Crippen LogP contribution in [-0.2, 0) is 6.61 Å². The second kappa shape index (κ2) is 5.42. The van der Waals surface area contributed by atoms with Crippen molar-refractivity contribution >= 4 is 11.6 Å². The first-order valence-corrected chi connectivity index (χ1v) is 5.96. The van der Waals surface area contributed by atoms with Crippen molar-refractivity contribution in [1.29, 1.82) is 0 Å². The Labute approximate surface area is 110 Å². The van der Waals surface area contributed by atoms with E-state index in [1.54, 1.807) is 31.2 Å². The summed E-state index contributed by atoms with van der Waals surface area (Å²) >= 11 is 6.06. The number of halogens is 1. The van der Waals surface area contributed by atoms with Crippen LogP contribution in [0.4, 0.5) is 0 Å². The Hall–Kier alpha value is -1.52. The molecule has 1 aromatic heterocycles. The highest BCUT2D eigenvalue weighted by Crippen LogP contribution is 2.28. The minimum absolute atomic E-state index is 0.272. The Morgan fingerprint density at radius 1 is 1.44 bits per heavy atom. The summed E-state index contributed by atoms with van der Waals surface area (Å²) in [5.74, 6) is 1.19. The van der Waals surface area contributed by atoms with Crippen LogP contribution in [0.3, 0.4) is 0 Å². The zero-order valence-corrected chi connectivity index (χ0v) is 10.9. The lowest BCUT2D eigenvalue weighted by atomic mass is 10.1. The fraction of sp³-hybridized carbons (Fsp3) is 0.308. The number of hydrogen-bond donors (Lipinski definition) is 1. The van der Waals surface area contributed by atoms with Gasteiger partial charge in [-0.1, -0.05) is 22.8 Å². The number of benzene rings is 1. The molecule has 0 saturated carbocycles. The first-order valence-electron chi connectivity index (χ1n) is 5.59. The van der Waals surface area contributed by atoms with Gasteiger partial charge in [0.05, 0.1) is 16.8 Å². The van der Waals surface area contributed by atoms with E-state index in [0.717, 1.165) is 11.3 Å². The molecular formula is C13H14ClNO3. The van der Waals surface area contributed by atoms with Crippen molar-refractivity contribution in [2.75, 3.05) is 0 Å². The number of aromatic nitrogens is 1. The molecule has 1 atom stereocenters. The average Bonchev–Trinajstić information content (AvgIpc) is 2.73. The molecule has 4 nitrogen and oxygen atoms in total. The SMILES string of the molecule is Cc1cc(COc2ccc(C(C)O)cc2Cl)on1. The van der Waals surface area contributed by atoms with Crippen LogP contribution < -0.4 is 4.74 Å². The fourth-order valence-corrected chi connectivity index (χ4v) is 1.77. The van der Waals surface area contributed by atoms with Crippen molar-refractivity contribution in [1.82, 2.24) is 5.16 Å². The molecule has 0 aliphatic rings. The predicted molar refractivity (Wildman–Crippen MR) is 67.7 cm³/mol. The van der Waals surface area contributed by atoms with Crippen LogP contribution >= 0.6 is 11.6 Å². The van der Waals surface area contributed by atoms with Gasteiger partial charge >= 0.3 is 0 Å². The van der Waals surface area contributed by atoms with Gasteiger partial charge < -0.3 is 14.4 Å². The molecule has 0 spiro atoms. The fourth-order valence-electron chi connectivity index (χ4n) is 1.53. The lowest BCUT2D eigenvalue weighted by Gasteiger charge is -2.09. The average molecular weight is 268 g/mol. The van der Waals surface area contributed by atoms with Crippen LogP contribution in [0.1, 0.15) is 30.0 Å². The molecule has 1 aromatic carbocycles. The molecule has 0 aliphatic heterocycles. The predicted octanol–water partition coefficient (Wildman–Crippen LogP) is 3.27. The van der Waals surface area contributed by atoms with E-state index in [1.807, 2.05) is 6.92 Å². The number of ether oxygens (including phenoxy) is 1. The van der Waals surface area contributed by atoms with Gasteiger partial charge in [-0.2, -0.15) is 0 Å². The molecule has 5 heteroatoms. The van der Waals surface area contributed by atoms with E-state index in [1.165, 1.54) is 0 Å². The molecule has 18 heavy (non-hydrogen) atoms. The molecule has 2 rings (SSSR count). The van der Waals surface area contributed by atoms with Crippen LogP contribution in [0.25, 0.3) is 0 Å². The van der Waals surface area contributed by atoms with Crippen molar-refractivity contribution in [3.8, 4) is 5.75 Å². The van der Waals surface area contributed by atoms with Crippen molar-refractivity contribution in [2.45, 2.75) is 26.6 Å². The minimum atomic E-state index is -0.548. The van der Waals surface area contributed by atoms with Crippen LogP contribution in [0.2, 0.25) is 5.02 Å². The van der Waals surface area contributed by atoms with Crippen LogP contribution in [0, 0.1) is 6.92 Å². The summed E-state index contributed by atoms with van der Waals surface area (Å²) in [7, 11) is 0. The van der Waals surface area contributed by atoms with Crippen molar-refractivity contribution in [3.05, 3.63) is 46.3 Å². The molecule has 1 heterocycles.